The van der Waals surface area contributed by atoms with Gasteiger partial charge in [0.05, 0.1) is 9.79 Å². The number of nitrogens with one attached hydrogen (secondary N) is 1. The van der Waals surface area contributed by atoms with Crippen molar-refractivity contribution in [2.45, 2.75) is 16.2 Å². The van der Waals surface area contributed by atoms with Crippen molar-refractivity contribution < 1.29 is 13.5 Å². The number of aromatic nitrogens is 1. The molecule has 0 saturated heterocycles. The van der Waals surface area contributed by atoms with E-state index in [1.807, 2.05) is 18.2 Å². The van der Waals surface area contributed by atoms with Gasteiger partial charge >= 0.3 is 0 Å². The van der Waals surface area contributed by atoms with Crippen molar-refractivity contribution in [1.82, 2.24) is 4.98 Å². The van der Waals surface area contributed by atoms with E-state index < -0.39 is 9.84 Å². The first-order valence-corrected chi connectivity index (χ1v) is 8.13. The SMILES string of the molecule is O=S(=O)(c1ccccc1)c1c[nH]c2cccc(CCO)c12. The number of H-pyrrole nitrogens is 1. The molecule has 0 aliphatic carbocycles. The van der Waals surface area contributed by atoms with Crippen LogP contribution in [-0.2, 0) is 16.3 Å². The Morgan fingerprint density at radius 3 is 2.48 bits per heavy atom. The van der Waals surface area contributed by atoms with E-state index in [1.54, 1.807) is 30.3 Å². The molecular formula is C16H15NO3S. The van der Waals surface area contributed by atoms with Crippen molar-refractivity contribution in [2.75, 3.05) is 6.61 Å². The largest absolute Gasteiger partial charge is 0.396 e. The van der Waals surface area contributed by atoms with Gasteiger partial charge in [0.1, 0.15) is 0 Å². The molecule has 1 heterocycles. The number of hydrogen-bond donors (Lipinski definition) is 2. The summed E-state index contributed by atoms with van der Waals surface area (Å²) in [7, 11) is -3.58. The molecule has 2 aromatic carbocycles. The van der Waals surface area contributed by atoms with Crippen LogP contribution < -0.4 is 0 Å². The molecule has 3 rings (SSSR count). The van der Waals surface area contributed by atoms with Gasteiger partial charge < -0.3 is 10.1 Å². The Labute approximate surface area is 123 Å². The number of rotatable bonds is 4. The van der Waals surface area contributed by atoms with Gasteiger partial charge in [0.25, 0.3) is 0 Å². The molecule has 108 valence electrons. The Balaban J connectivity index is 2.26. The summed E-state index contributed by atoms with van der Waals surface area (Å²) in [5, 5.41) is 9.83. The maximum absolute atomic E-state index is 12.8. The van der Waals surface area contributed by atoms with Crippen molar-refractivity contribution in [1.29, 1.82) is 0 Å². The summed E-state index contributed by atoms with van der Waals surface area (Å²) in [5.74, 6) is 0. The second-order valence-electron chi connectivity index (χ2n) is 4.78. The van der Waals surface area contributed by atoms with Gasteiger partial charge in [-0.1, -0.05) is 30.3 Å². The minimum atomic E-state index is -3.58. The van der Waals surface area contributed by atoms with Crippen LogP contribution in [0.3, 0.4) is 0 Å². The van der Waals surface area contributed by atoms with E-state index in [0.29, 0.717) is 11.8 Å². The number of sulfone groups is 1. The molecule has 0 aliphatic heterocycles. The van der Waals surface area contributed by atoms with Crippen molar-refractivity contribution in [2.24, 2.45) is 0 Å². The fourth-order valence-electron chi connectivity index (χ4n) is 2.49. The third kappa shape index (κ3) is 2.34. The molecule has 0 fully saturated rings. The molecule has 0 radical (unpaired) electrons. The van der Waals surface area contributed by atoms with Gasteiger partial charge in [0, 0.05) is 23.7 Å². The third-order valence-corrected chi connectivity index (χ3v) is 5.27. The Hall–Kier alpha value is -2.11. The van der Waals surface area contributed by atoms with E-state index in [9.17, 15) is 8.42 Å². The number of aliphatic hydroxyl groups excluding tert-OH is 1. The molecule has 4 nitrogen and oxygen atoms in total. The first-order valence-electron chi connectivity index (χ1n) is 6.64. The average Bonchev–Trinajstić information content (AvgIpc) is 2.94. The minimum Gasteiger partial charge on any atom is -0.396 e. The summed E-state index contributed by atoms with van der Waals surface area (Å²) in [4.78, 5) is 3.53. The van der Waals surface area contributed by atoms with Gasteiger partial charge in [-0.2, -0.15) is 0 Å². The molecule has 0 spiro atoms. The van der Waals surface area contributed by atoms with E-state index in [0.717, 1.165) is 11.1 Å². The second kappa shape index (κ2) is 5.35. The molecule has 3 aromatic rings. The smallest absolute Gasteiger partial charge is 0.208 e. The van der Waals surface area contributed by atoms with Crippen LogP contribution in [-0.4, -0.2) is 25.1 Å². The standard InChI is InChI=1S/C16H15NO3S/c18-10-9-12-5-4-8-14-16(12)15(11-17-14)21(19,20)13-6-2-1-3-7-13/h1-8,11,17-18H,9-10H2. The first-order chi connectivity index (χ1) is 10.1. The van der Waals surface area contributed by atoms with Gasteiger partial charge in [-0.05, 0) is 30.2 Å². The van der Waals surface area contributed by atoms with Crippen LogP contribution >= 0.6 is 0 Å². The van der Waals surface area contributed by atoms with E-state index >= 15 is 0 Å². The molecule has 0 amide bonds. The van der Waals surface area contributed by atoms with Crippen LogP contribution in [0.25, 0.3) is 10.9 Å². The summed E-state index contributed by atoms with van der Waals surface area (Å²) >= 11 is 0. The lowest BCUT2D eigenvalue weighted by atomic mass is 10.1. The predicted molar refractivity (Wildman–Crippen MR) is 81.0 cm³/mol. The van der Waals surface area contributed by atoms with Gasteiger partial charge in [0.15, 0.2) is 0 Å². The third-order valence-electron chi connectivity index (χ3n) is 3.48. The Morgan fingerprint density at radius 2 is 1.76 bits per heavy atom. The Bertz CT molecular complexity index is 867. The van der Waals surface area contributed by atoms with Gasteiger partial charge in [-0.3, -0.25) is 0 Å². The van der Waals surface area contributed by atoms with Crippen LogP contribution in [0.1, 0.15) is 5.56 Å². The molecule has 21 heavy (non-hydrogen) atoms. The normalized spacial score (nSPS) is 11.9. The molecule has 5 heteroatoms. The molecule has 1 aromatic heterocycles. The molecule has 2 N–H and O–H groups in total. The lowest BCUT2D eigenvalue weighted by Gasteiger charge is -2.06. The zero-order valence-electron chi connectivity index (χ0n) is 11.3. The summed E-state index contributed by atoms with van der Waals surface area (Å²) in [6.07, 6.45) is 1.94. The first kappa shape index (κ1) is 13.9. The Kier molecular flexibility index (Phi) is 3.53. The van der Waals surface area contributed by atoms with Crippen LogP contribution in [0.4, 0.5) is 0 Å². The van der Waals surface area contributed by atoms with Crippen molar-refractivity contribution in [3.63, 3.8) is 0 Å². The maximum atomic E-state index is 12.8. The van der Waals surface area contributed by atoms with E-state index in [4.69, 9.17) is 5.11 Å². The number of aromatic amines is 1. The molecule has 0 atom stereocenters. The number of benzene rings is 2. The van der Waals surface area contributed by atoms with Gasteiger partial charge in [0.2, 0.25) is 9.84 Å². The van der Waals surface area contributed by atoms with Crippen molar-refractivity contribution in [3.8, 4) is 0 Å². The molecule has 0 unspecified atom stereocenters. The topological polar surface area (TPSA) is 70.2 Å². The number of hydrogen-bond acceptors (Lipinski definition) is 3. The quantitative estimate of drug-likeness (QED) is 0.778. The van der Waals surface area contributed by atoms with Crippen LogP contribution in [0.5, 0.6) is 0 Å². The highest BCUT2D eigenvalue weighted by atomic mass is 32.2. The lowest BCUT2D eigenvalue weighted by Crippen LogP contribution is -2.02. The fraction of sp³-hybridized carbons (Fsp3) is 0.125. The molecule has 0 aliphatic rings. The van der Waals surface area contributed by atoms with Crippen LogP contribution in [0.15, 0.2) is 64.5 Å². The van der Waals surface area contributed by atoms with E-state index in [1.165, 1.54) is 6.20 Å². The summed E-state index contributed by atoms with van der Waals surface area (Å²) in [6.45, 7) is -0.0187. The van der Waals surface area contributed by atoms with Crippen LogP contribution in [0.2, 0.25) is 0 Å². The maximum Gasteiger partial charge on any atom is 0.208 e. The summed E-state index contributed by atoms with van der Waals surface area (Å²) in [6, 6.07) is 13.9. The van der Waals surface area contributed by atoms with Gasteiger partial charge in [-0.15, -0.1) is 0 Å². The Morgan fingerprint density at radius 1 is 1.00 bits per heavy atom. The highest BCUT2D eigenvalue weighted by Crippen LogP contribution is 2.30. The van der Waals surface area contributed by atoms with Gasteiger partial charge in [-0.25, -0.2) is 8.42 Å². The summed E-state index contributed by atoms with van der Waals surface area (Å²) < 4.78 is 25.6. The lowest BCUT2D eigenvalue weighted by molar-refractivity contribution is 0.300. The molecular weight excluding hydrogens is 286 g/mol. The predicted octanol–water partition coefficient (Wildman–Crippen LogP) is 2.54. The highest BCUT2D eigenvalue weighted by molar-refractivity contribution is 7.91. The van der Waals surface area contributed by atoms with Crippen molar-refractivity contribution in [3.05, 3.63) is 60.3 Å². The zero-order valence-corrected chi connectivity index (χ0v) is 12.1. The summed E-state index contributed by atoms with van der Waals surface area (Å²) in [5.41, 5.74) is 1.58. The average molecular weight is 301 g/mol. The monoisotopic (exact) mass is 301 g/mol. The fourth-order valence-corrected chi connectivity index (χ4v) is 3.99. The zero-order chi connectivity index (χ0) is 14.9. The van der Waals surface area contributed by atoms with Crippen molar-refractivity contribution >= 4 is 20.7 Å². The molecule has 0 saturated carbocycles. The number of fused-ring (bicyclic) bond motifs is 1. The molecule has 0 bridgehead atoms. The second-order valence-corrected chi connectivity index (χ2v) is 6.70. The van der Waals surface area contributed by atoms with E-state index in [-0.39, 0.29) is 16.4 Å². The highest BCUT2D eigenvalue weighted by Gasteiger charge is 2.22. The number of aliphatic hydroxyl groups is 1. The minimum absolute atomic E-state index is 0.0187. The van der Waals surface area contributed by atoms with Crippen LogP contribution in [0, 0.1) is 0 Å². The van der Waals surface area contributed by atoms with E-state index in [2.05, 4.69) is 4.98 Å².